The molecule has 1 atom stereocenters. The predicted octanol–water partition coefficient (Wildman–Crippen LogP) is 3.29. The van der Waals surface area contributed by atoms with Crippen LogP contribution in [0.1, 0.15) is 18.1 Å². The molecule has 2 aromatic heterocycles. The number of ether oxygens (including phenoxy) is 1. The Kier molecular flexibility index (Phi) is 6.15. The van der Waals surface area contributed by atoms with Crippen molar-refractivity contribution in [3.8, 4) is 17.1 Å². The third-order valence-electron chi connectivity index (χ3n) is 5.27. The summed E-state index contributed by atoms with van der Waals surface area (Å²) in [7, 11) is 0. The summed E-state index contributed by atoms with van der Waals surface area (Å²) >= 11 is 1.43. The second kappa shape index (κ2) is 8.97. The van der Waals surface area contributed by atoms with Gasteiger partial charge in [-0.3, -0.25) is 14.3 Å². The number of pyridine rings is 1. The Morgan fingerprint density at radius 3 is 2.50 bits per heavy atom. The van der Waals surface area contributed by atoms with Crippen LogP contribution in [0, 0.1) is 13.8 Å². The molecule has 3 aromatic rings. The lowest BCUT2D eigenvalue weighted by Crippen LogP contribution is -2.44. The van der Waals surface area contributed by atoms with Gasteiger partial charge in [-0.1, -0.05) is 17.8 Å². The van der Waals surface area contributed by atoms with Gasteiger partial charge in [0.05, 0.1) is 24.2 Å². The quantitative estimate of drug-likeness (QED) is 0.587. The Hall–Kier alpha value is -2.71. The molecule has 0 N–H and O–H groups in total. The normalized spacial score (nSPS) is 15.2. The molecular weight excluding hydrogens is 398 g/mol. The summed E-state index contributed by atoms with van der Waals surface area (Å²) in [6.45, 7) is 8.56. The molecule has 1 aliphatic rings. The van der Waals surface area contributed by atoms with Crippen molar-refractivity contribution in [1.29, 1.82) is 0 Å². The molecular formula is C22H25N5O2S. The van der Waals surface area contributed by atoms with E-state index in [0.717, 1.165) is 17.1 Å². The molecule has 3 heterocycles. The van der Waals surface area contributed by atoms with E-state index in [-0.39, 0.29) is 11.2 Å². The highest BCUT2D eigenvalue weighted by molar-refractivity contribution is 8.00. The number of hydrogen-bond acceptors (Lipinski definition) is 6. The lowest BCUT2D eigenvalue weighted by Gasteiger charge is -2.28. The Morgan fingerprint density at radius 1 is 1.07 bits per heavy atom. The molecule has 8 heteroatoms. The fourth-order valence-electron chi connectivity index (χ4n) is 3.38. The third-order valence-corrected chi connectivity index (χ3v) is 6.30. The topological polar surface area (TPSA) is 73.1 Å². The number of amides is 1. The molecule has 7 nitrogen and oxygen atoms in total. The molecule has 1 aliphatic heterocycles. The van der Waals surface area contributed by atoms with Crippen LogP contribution in [-0.2, 0) is 9.53 Å². The summed E-state index contributed by atoms with van der Waals surface area (Å²) < 4.78 is 7.39. The van der Waals surface area contributed by atoms with E-state index in [0.29, 0.717) is 31.5 Å². The highest BCUT2D eigenvalue weighted by Crippen LogP contribution is 2.31. The lowest BCUT2D eigenvalue weighted by atomic mass is 10.1. The van der Waals surface area contributed by atoms with Gasteiger partial charge in [-0.15, -0.1) is 10.2 Å². The van der Waals surface area contributed by atoms with Crippen LogP contribution in [0.25, 0.3) is 17.1 Å². The van der Waals surface area contributed by atoms with Gasteiger partial charge in [-0.05, 0) is 56.2 Å². The lowest BCUT2D eigenvalue weighted by molar-refractivity contribution is -0.134. The van der Waals surface area contributed by atoms with Gasteiger partial charge < -0.3 is 9.64 Å². The minimum absolute atomic E-state index is 0.100. The molecule has 0 radical (unpaired) electrons. The van der Waals surface area contributed by atoms with Crippen LogP contribution in [-0.4, -0.2) is 62.1 Å². The minimum Gasteiger partial charge on any atom is -0.378 e. The van der Waals surface area contributed by atoms with Crippen LogP contribution in [0.3, 0.4) is 0 Å². The van der Waals surface area contributed by atoms with Gasteiger partial charge in [0.2, 0.25) is 5.91 Å². The van der Waals surface area contributed by atoms with E-state index < -0.39 is 0 Å². The van der Waals surface area contributed by atoms with Crippen molar-refractivity contribution in [3.63, 3.8) is 0 Å². The zero-order valence-corrected chi connectivity index (χ0v) is 18.2. The number of carbonyl (C=O) groups excluding carboxylic acids is 1. The maximum atomic E-state index is 12.9. The smallest absolute Gasteiger partial charge is 0.236 e. The average Bonchev–Trinajstić information content (AvgIpc) is 3.19. The van der Waals surface area contributed by atoms with Crippen LogP contribution >= 0.6 is 11.8 Å². The van der Waals surface area contributed by atoms with Crippen molar-refractivity contribution in [3.05, 3.63) is 53.9 Å². The van der Waals surface area contributed by atoms with Crippen LogP contribution < -0.4 is 0 Å². The zero-order chi connectivity index (χ0) is 21.1. The van der Waals surface area contributed by atoms with Gasteiger partial charge in [0.25, 0.3) is 0 Å². The number of morpholine rings is 1. The van der Waals surface area contributed by atoms with Crippen molar-refractivity contribution in [2.24, 2.45) is 0 Å². The summed E-state index contributed by atoms with van der Waals surface area (Å²) in [6, 6.07) is 10.1. The highest BCUT2D eigenvalue weighted by atomic mass is 32.2. The molecule has 1 aromatic carbocycles. The Balaban J connectivity index is 1.70. The monoisotopic (exact) mass is 423 g/mol. The number of hydrogen-bond donors (Lipinski definition) is 0. The molecule has 4 rings (SSSR count). The number of rotatable bonds is 5. The van der Waals surface area contributed by atoms with Crippen LogP contribution in [0.15, 0.2) is 47.9 Å². The van der Waals surface area contributed by atoms with Gasteiger partial charge in [-0.2, -0.15) is 0 Å². The van der Waals surface area contributed by atoms with Crippen molar-refractivity contribution in [2.45, 2.75) is 31.2 Å². The summed E-state index contributed by atoms with van der Waals surface area (Å²) in [6.07, 6.45) is 3.48. The molecule has 156 valence electrons. The van der Waals surface area contributed by atoms with E-state index in [2.05, 4.69) is 47.2 Å². The summed E-state index contributed by atoms with van der Waals surface area (Å²) in [4.78, 5) is 18.9. The molecule has 0 bridgehead atoms. The van der Waals surface area contributed by atoms with Gasteiger partial charge >= 0.3 is 0 Å². The molecule has 0 saturated carbocycles. The van der Waals surface area contributed by atoms with Crippen molar-refractivity contribution in [1.82, 2.24) is 24.6 Å². The average molecular weight is 424 g/mol. The SMILES string of the molecule is Cc1ccc(-n2c(SC(C)C(=O)N3CCOCC3)nnc2-c2ccncc2)cc1C. The van der Waals surface area contributed by atoms with E-state index in [1.54, 1.807) is 12.4 Å². The number of benzene rings is 1. The first-order valence-corrected chi connectivity index (χ1v) is 10.9. The van der Waals surface area contributed by atoms with Gasteiger partial charge in [0.15, 0.2) is 11.0 Å². The van der Waals surface area contributed by atoms with E-state index in [9.17, 15) is 4.79 Å². The Morgan fingerprint density at radius 2 is 1.80 bits per heavy atom. The van der Waals surface area contributed by atoms with E-state index >= 15 is 0 Å². The standard InChI is InChI=1S/C22H25N5O2S/c1-15-4-5-19(14-16(15)2)27-20(18-6-8-23-9-7-18)24-25-22(27)30-17(3)21(28)26-10-12-29-13-11-26/h4-9,14,17H,10-13H2,1-3H3. The van der Waals surface area contributed by atoms with Crippen LogP contribution in [0.2, 0.25) is 0 Å². The van der Waals surface area contributed by atoms with E-state index in [1.807, 2.05) is 28.5 Å². The minimum atomic E-state index is -0.275. The number of aromatic nitrogens is 4. The molecule has 1 fully saturated rings. The maximum absolute atomic E-state index is 12.9. The molecule has 30 heavy (non-hydrogen) atoms. The second-order valence-electron chi connectivity index (χ2n) is 7.34. The number of carbonyl (C=O) groups is 1. The Bertz CT molecular complexity index is 1030. The second-order valence-corrected chi connectivity index (χ2v) is 8.65. The summed E-state index contributed by atoms with van der Waals surface area (Å²) in [5.74, 6) is 0.831. The van der Waals surface area contributed by atoms with Crippen molar-refractivity contribution < 1.29 is 9.53 Å². The number of aryl methyl sites for hydroxylation is 2. The van der Waals surface area contributed by atoms with Crippen LogP contribution in [0.4, 0.5) is 0 Å². The van der Waals surface area contributed by atoms with Crippen molar-refractivity contribution in [2.75, 3.05) is 26.3 Å². The molecule has 1 amide bonds. The van der Waals surface area contributed by atoms with E-state index in [4.69, 9.17) is 4.74 Å². The number of thioether (sulfide) groups is 1. The molecule has 0 aliphatic carbocycles. The summed E-state index contributed by atoms with van der Waals surface area (Å²) in [5, 5.41) is 9.33. The maximum Gasteiger partial charge on any atom is 0.236 e. The van der Waals surface area contributed by atoms with Crippen LogP contribution in [0.5, 0.6) is 0 Å². The zero-order valence-electron chi connectivity index (χ0n) is 17.4. The van der Waals surface area contributed by atoms with Crippen molar-refractivity contribution >= 4 is 17.7 Å². The van der Waals surface area contributed by atoms with Gasteiger partial charge in [-0.25, -0.2) is 0 Å². The fraction of sp³-hybridized carbons (Fsp3) is 0.364. The number of nitrogens with zero attached hydrogens (tertiary/aromatic N) is 5. The van der Waals surface area contributed by atoms with Gasteiger partial charge in [0.1, 0.15) is 0 Å². The summed E-state index contributed by atoms with van der Waals surface area (Å²) in [5.41, 5.74) is 4.32. The highest BCUT2D eigenvalue weighted by Gasteiger charge is 2.26. The predicted molar refractivity (Wildman–Crippen MR) is 117 cm³/mol. The van der Waals surface area contributed by atoms with Gasteiger partial charge in [0, 0.05) is 31.0 Å². The first kappa shape index (κ1) is 20.6. The largest absolute Gasteiger partial charge is 0.378 e. The first-order valence-electron chi connectivity index (χ1n) is 10.0. The molecule has 1 saturated heterocycles. The first-order chi connectivity index (χ1) is 14.5. The fourth-order valence-corrected chi connectivity index (χ4v) is 4.33. The van der Waals surface area contributed by atoms with E-state index in [1.165, 1.54) is 22.9 Å². The molecule has 0 spiro atoms. The Labute approximate surface area is 180 Å². The third kappa shape index (κ3) is 4.24. The molecule has 1 unspecified atom stereocenters.